The molecule has 1 rings (SSSR count). The van der Waals surface area contributed by atoms with Gasteiger partial charge in [-0.2, -0.15) is 0 Å². The molecule has 6 nitrogen and oxygen atoms in total. The van der Waals surface area contributed by atoms with Crippen LogP contribution in [0, 0.1) is 10.1 Å². The van der Waals surface area contributed by atoms with E-state index in [0.29, 0.717) is 11.6 Å². The number of anilines is 1. The van der Waals surface area contributed by atoms with E-state index < -0.39 is 4.92 Å². The van der Waals surface area contributed by atoms with Crippen LogP contribution >= 0.6 is 11.8 Å². The number of nitro groups is 1. The minimum Gasteiger partial charge on any atom is -0.364 e. The average molecular weight is 214 g/mol. The Morgan fingerprint density at radius 1 is 1.64 bits per heavy atom. The van der Waals surface area contributed by atoms with Gasteiger partial charge in [-0.3, -0.25) is 10.1 Å². The van der Waals surface area contributed by atoms with Crippen LogP contribution in [0.2, 0.25) is 0 Å². The standard InChI is InChI=1S/C7H10N4O2S/c1-3-8-6-5(11(12)13)7(14-2)10-4-9-6/h4H,3H2,1-2H3,(H,8,9,10). The number of rotatable bonds is 4. The van der Waals surface area contributed by atoms with Gasteiger partial charge in [0.15, 0.2) is 5.03 Å². The van der Waals surface area contributed by atoms with Crippen molar-refractivity contribution >= 4 is 23.3 Å². The van der Waals surface area contributed by atoms with Crippen LogP contribution in [0.15, 0.2) is 11.4 Å². The van der Waals surface area contributed by atoms with Crippen LogP contribution in [0.1, 0.15) is 6.92 Å². The summed E-state index contributed by atoms with van der Waals surface area (Å²) in [6.07, 6.45) is 3.06. The summed E-state index contributed by atoms with van der Waals surface area (Å²) in [4.78, 5) is 17.9. The predicted octanol–water partition coefficient (Wildman–Crippen LogP) is 1.54. The van der Waals surface area contributed by atoms with Crippen molar-refractivity contribution in [3.63, 3.8) is 0 Å². The minimum absolute atomic E-state index is 0.0538. The molecule has 0 unspecified atom stereocenters. The van der Waals surface area contributed by atoms with Crippen molar-refractivity contribution < 1.29 is 4.92 Å². The molecule has 76 valence electrons. The molecule has 0 bridgehead atoms. The van der Waals surface area contributed by atoms with Crippen LogP contribution in [-0.2, 0) is 0 Å². The second-order valence-corrected chi connectivity index (χ2v) is 3.16. The van der Waals surface area contributed by atoms with Crippen LogP contribution in [0.3, 0.4) is 0 Å². The molecular formula is C7H10N4O2S. The molecule has 14 heavy (non-hydrogen) atoms. The minimum atomic E-state index is -0.468. The Labute approximate surface area is 85.3 Å². The molecule has 0 aliphatic rings. The van der Waals surface area contributed by atoms with Crippen molar-refractivity contribution in [2.75, 3.05) is 18.1 Å². The molecule has 0 amide bonds. The highest BCUT2D eigenvalue weighted by atomic mass is 32.2. The first-order valence-electron chi connectivity index (χ1n) is 3.98. The third-order valence-electron chi connectivity index (χ3n) is 1.51. The number of hydrogen-bond acceptors (Lipinski definition) is 6. The average Bonchev–Trinajstić information content (AvgIpc) is 2.17. The van der Waals surface area contributed by atoms with Gasteiger partial charge in [0.2, 0.25) is 5.82 Å². The summed E-state index contributed by atoms with van der Waals surface area (Å²) < 4.78 is 0. The summed E-state index contributed by atoms with van der Waals surface area (Å²) in [5.74, 6) is 0.275. The molecule has 1 heterocycles. The van der Waals surface area contributed by atoms with Gasteiger partial charge in [0.05, 0.1) is 4.92 Å². The number of nitrogens with zero attached hydrogens (tertiary/aromatic N) is 3. The summed E-state index contributed by atoms with van der Waals surface area (Å²) >= 11 is 1.23. The molecule has 0 aliphatic heterocycles. The Kier molecular flexibility index (Phi) is 3.63. The summed E-state index contributed by atoms with van der Waals surface area (Å²) in [5, 5.41) is 14.0. The van der Waals surface area contributed by atoms with E-state index >= 15 is 0 Å². The third-order valence-corrected chi connectivity index (χ3v) is 2.19. The van der Waals surface area contributed by atoms with E-state index in [2.05, 4.69) is 15.3 Å². The topological polar surface area (TPSA) is 81.0 Å². The van der Waals surface area contributed by atoms with Crippen molar-refractivity contribution in [1.82, 2.24) is 9.97 Å². The first-order valence-corrected chi connectivity index (χ1v) is 5.20. The normalized spacial score (nSPS) is 9.86. The zero-order valence-corrected chi connectivity index (χ0v) is 8.67. The first kappa shape index (κ1) is 10.7. The first-order chi connectivity index (χ1) is 6.70. The molecule has 0 atom stereocenters. The third kappa shape index (κ3) is 2.11. The van der Waals surface area contributed by atoms with Gasteiger partial charge in [-0.05, 0) is 13.2 Å². The second kappa shape index (κ2) is 4.75. The molecule has 0 saturated carbocycles. The van der Waals surface area contributed by atoms with Crippen molar-refractivity contribution in [3.8, 4) is 0 Å². The lowest BCUT2D eigenvalue weighted by atomic mass is 10.5. The van der Waals surface area contributed by atoms with E-state index in [9.17, 15) is 10.1 Å². The fourth-order valence-electron chi connectivity index (χ4n) is 0.973. The molecule has 1 N–H and O–H groups in total. The molecule has 0 radical (unpaired) electrons. The van der Waals surface area contributed by atoms with Crippen molar-refractivity contribution in [2.24, 2.45) is 0 Å². The van der Waals surface area contributed by atoms with E-state index in [4.69, 9.17) is 0 Å². The molecule has 0 fully saturated rings. The maximum Gasteiger partial charge on any atom is 0.343 e. The van der Waals surface area contributed by atoms with Gasteiger partial charge >= 0.3 is 5.69 Å². The Balaban J connectivity index is 3.20. The predicted molar refractivity (Wildman–Crippen MR) is 54.6 cm³/mol. The van der Waals surface area contributed by atoms with Crippen molar-refractivity contribution in [1.29, 1.82) is 0 Å². The summed E-state index contributed by atoms with van der Waals surface area (Å²) in [6.45, 7) is 2.44. The number of thioether (sulfide) groups is 1. The van der Waals surface area contributed by atoms with E-state index in [-0.39, 0.29) is 11.5 Å². The highest BCUT2D eigenvalue weighted by Crippen LogP contribution is 2.30. The zero-order valence-electron chi connectivity index (χ0n) is 7.85. The van der Waals surface area contributed by atoms with Gasteiger partial charge < -0.3 is 5.32 Å². The van der Waals surface area contributed by atoms with Gasteiger partial charge in [-0.1, -0.05) is 0 Å². The monoisotopic (exact) mass is 214 g/mol. The lowest BCUT2D eigenvalue weighted by Gasteiger charge is -2.04. The largest absolute Gasteiger partial charge is 0.364 e. The highest BCUT2D eigenvalue weighted by molar-refractivity contribution is 7.98. The quantitative estimate of drug-likeness (QED) is 0.354. The van der Waals surface area contributed by atoms with Crippen LogP contribution < -0.4 is 5.32 Å². The van der Waals surface area contributed by atoms with Crippen LogP contribution in [0.4, 0.5) is 11.5 Å². The second-order valence-electron chi connectivity index (χ2n) is 2.37. The highest BCUT2D eigenvalue weighted by Gasteiger charge is 2.21. The van der Waals surface area contributed by atoms with Crippen molar-refractivity contribution in [2.45, 2.75) is 11.9 Å². The van der Waals surface area contributed by atoms with E-state index in [1.807, 2.05) is 6.92 Å². The van der Waals surface area contributed by atoms with Gasteiger partial charge in [0.25, 0.3) is 0 Å². The molecule has 0 spiro atoms. The summed E-state index contributed by atoms with van der Waals surface area (Å²) in [7, 11) is 0. The number of nitrogens with one attached hydrogen (secondary N) is 1. The molecule has 0 aromatic carbocycles. The fourth-order valence-corrected chi connectivity index (χ4v) is 1.49. The zero-order chi connectivity index (χ0) is 10.6. The maximum absolute atomic E-state index is 10.7. The Bertz CT molecular complexity index is 344. The van der Waals surface area contributed by atoms with Crippen LogP contribution in [-0.4, -0.2) is 27.7 Å². The fraction of sp³-hybridized carbons (Fsp3) is 0.429. The van der Waals surface area contributed by atoms with Crippen LogP contribution in [0.25, 0.3) is 0 Å². The van der Waals surface area contributed by atoms with Gasteiger partial charge in [-0.15, -0.1) is 11.8 Å². The smallest absolute Gasteiger partial charge is 0.343 e. The lowest BCUT2D eigenvalue weighted by molar-refractivity contribution is -0.387. The Morgan fingerprint density at radius 2 is 2.36 bits per heavy atom. The Hall–Kier alpha value is -1.37. The SMILES string of the molecule is CCNc1ncnc(SC)c1[N+](=O)[O-]. The van der Waals surface area contributed by atoms with E-state index in [1.54, 1.807) is 6.26 Å². The summed E-state index contributed by atoms with van der Waals surface area (Å²) in [5.41, 5.74) is -0.0538. The lowest BCUT2D eigenvalue weighted by Crippen LogP contribution is -2.05. The van der Waals surface area contributed by atoms with E-state index in [0.717, 1.165) is 0 Å². The number of hydrogen-bond donors (Lipinski definition) is 1. The number of aromatic nitrogens is 2. The van der Waals surface area contributed by atoms with Gasteiger partial charge in [0.1, 0.15) is 6.33 Å². The molecule has 0 saturated heterocycles. The molecule has 7 heteroatoms. The molecule has 1 aromatic heterocycles. The van der Waals surface area contributed by atoms with Crippen LogP contribution in [0.5, 0.6) is 0 Å². The summed E-state index contributed by atoms with van der Waals surface area (Å²) in [6, 6.07) is 0. The Morgan fingerprint density at radius 3 is 2.86 bits per heavy atom. The van der Waals surface area contributed by atoms with E-state index in [1.165, 1.54) is 18.1 Å². The molecule has 0 aliphatic carbocycles. The van der Waals surface area contributed by atoms with Gasteiger partial charge in [0, 0.05) is 6.54 Å². The maximum atomic E-state index is 10.7. The van der Waals surface area contributed by atoms with Crippen molar-refractivity contribution in [3.05, 3.63) is 16.4 Å². The molecular weight excluding hydrogens is 204 g/mol. The molecule has 1 aromatic rings. The van der Waals surface area contributed by atoms with Gasteiger partial charge in [-0.25, -0.2) is 9.97 Å².